The molecule has 1 aliphatic heterocycles. The van der Waals surface area contributed by atoms with Crippen molar-refractivity contribution in [1.29, 1.82) is 0 Å². The Morgan fingerprint density at radius 2 is 1.88 bits per heavy atom. The minimum Gasteiger partial charge on any atom is -0.493 e. The van der Waals surface area contributed by atoms with Gasteiger partial charge in [0.25, 0.3) is 0 Å². The van der Waals surface area contributed by atoms with Gasteiger partial charge in [-0.05, 0) is 31.0 Å². The standard InChI is InChI=1S/C13H18N2O2/c1-8(14)13-10-7-12(17-3)11(16-2)6-9(10)4-5-15-13/h6-8H,4-5,14H2,1-3H3/t8-/m1/s1. The molecule has 0 aromatic heterocycles. The van der Waals surface area contributed by atoms with Gasteiger partial charge in [-0.25, -0.2) is 0 Å². The van der Waals surface area contributed by atoms with E-state index in [9.17, 15) is 0 Å². The summed E-state index contributed by atoms with van der Waals surface area (Å²) in [5.41, 5.74) is 9.21. The van der Waals surface area contributed by atoms with Gasteiger partial charge in [0.1, 0.15) is 0 Å². The van der Waals surface area contributed by atoms with E-state index in [-0.39, 0.29) is 6.04 Å². The summed E-state index contributed by atoms with van der Waals surface area (Å²) in [6.07, 6.45) is 0.923. The molecule has 0 amide bonds. The zero-order valence-corrected chi connectivity index (χ0v) is 10.5. The van der Waals surface area contributed by atoms with E-state index in [1.165, 1.54) is 5.56 Å². The minimum atomic E-state index is -0.0628. The van der Waals surface area contributed by atoms with Crippen molar-refractivity contribution in [3.8, 4) is 11.5 Å². The second-order valence-electron chi connectivity index (χ2n) is 4.17. The maximum atomic E-state index is 5.94. The summed E-state index contributed by atoms with van der Waals surface area (Å²) < 4.78 is 10.6. The first-order valence-electron chi connectivity index (χ1n) is 5.72. The topological polar surface area (TPSA) is 56.8 Å². The molecular weight excluding hydrogens is 216 g/mol. The number of hydrogen-bond donors (Lipinski definition) is 1. The molecule has 0 aliphatic carbocycles. The van der Waals surface area contributed by atoms with Gasteiger partial charge in [0.15, 0.2) is 11.5 Å². The smallest absolute Gasteiger partial charge is 0.161 e. The van der Waals surface area contributed by atoms with E-state index in [1.807, 2.05) is 19.1 Å². The molecule has 92 valence electrons. The number of aliphatic imine (C=N–C) groups is 1. The molecule has 1 heterocycles. The molecule has 2 rings (SSSR count). The molecule has 0 bridgehead atoms. The molecule has 1 atom stereocenters. The van der Waals surface area contributed by atoms with Crippen LogP contribution in [0.1, 0.15) is 18.1 Å². The summed E-state index contributed by atoms with van der Waals surface area (Å²) in [5, 5.41) is 0. The quantitative estimate of drug-likeness (QED) is 0.860. The Balaban J connectivity index is 2.53. The predicted octanol–water partition coefficient (Wildman–Crippen LogP) is 1.40. The summed E-state index contributed by atoms with van der Waals surface area (Å²) >= 11 is 0. The van der Waals surface area contributed by atoms with Gasteiger partial charge in [-0.1, -0.05) is 0 Å². The van der Waals surface area contributed by atoms with E-state index >= 15 is 0 Å². The highest BCUT2D eigenvalue weighted by Crippen LogP contribution is 2.32. The van der Waals surface area contributed by atoms with Gasteiger partial charge in [-0.2, -0.15) is 0 Å². The van der Waals surface area contributed by atoms with Crippen LogP contribution < -0.4 is 15.2 Å². The molecular formula is C13H18N2O2. The summed E-state index contributed by atoms with van der Waals surface area (Å²) in [4.78, 5) is 4.50. The zero-order chi connectivity index (χ0) is 12.4. The summed E-state index contributed by atoms with van der Waals surface area (Å²) in [6, 6.07) is 3.92. The summed E-state index contributed by atoms with van der Waals surface area (Å²) in [6.45, 7) is 2.74. The van der Waals surface area contributed by atoms with Crippen molar-refractivity contribution >= 4 is 5.71 Å². The monoisotopic (exact) mass is 234 g/mol. The Hall–Kier alpha value is -1.55. The maximum absolute atomic E-state index is 5.94. The number of benzene rings is 1. The minimum absolute atomic E-state index is 0.0628. The van der Waals surface area contributed by atoms with Gasteiger partial charge in [0, 0.05) is 18.2 Å². The highest BCUT2D eigenvalue weighted by atomic mass is 16.5. The van der Waals surface area contributed by atoms with E-state index in [1.54, 1.807) is 14.2 Å². The van der Waals surface area contributed by atoms with Gasteiger partial charge in [0.05, 0.1) is 19.9 Å². The van der Waals surface area contributed by atoms with Gasteiger partial charge < -0.3 is 15.2 Å². The first-order chi connectivity index (χ1) is 8.17. The Kier molecular flexibility index (Phi) is 3.33. The average Bonchev–Trinajstić information content (AvgIpc) is 2.35. The van der Waals surface area contributed by atoms with Crippen LogP contribution in [0.4, 0.5) is 0 Å². The lowest BCUT2D eigenvalue weighted by molar-refractivity contribution is 0.354. The van der Waals surface area contributed by atoms with Crippen LogP contribution in [0.15, 0.2) is 17.1 Å². The third-order valence-corrected chi connectivity index (χ3v) is 2.98. The fourth-order valence-corrected chi connectivity index (χ4v) is 2.14. The molecule has 1 aromatic carbocycles. The van der Waals surface area contributed by atoms with Gasteiger partial charge in [0.2, 0.25) is 0 Å². The lowest BCUT2D eigenvalue weighted by Gasteiger charge is -2.21. The number of methoxy groups -OCH3 is 2. The SMILES string of the molecule is COc1cc2c(cc1OC)C([C@@H](C)N)=NCC2. The van der Waals surface area contributed by atoms with Crippen LogP contribution in [0.3, 0.4) is 0 Å². The van der Waals surface area contributed by atoms with Gasteiger partial charge in [-0.15, -0.1) is 0 Å². The van der Waals surface area contributed by atoms with E-state index in [0.717, 1.165) is 35.7 Å². The number of nitrogens with two attached hydrogens (primary N) is 1. The van der Waals surface area contributed by atoms with Gasteiger partial charge >= 0.3 is 0 Å². The van der Waals surface area contributed by atoms with Crippen molar-refractivity contribution in [1.82, 2.24) is 0 Å². The number of nitrogens with zero attached hydrogens (tertiary/aromatic N) is 1. The van der Waals surface area contributed by atoms with Crippen molar-refractivity contribution in [3.63, 3.8) is 0 Å². The highest BCUT2D eigenvalue weighted by molar-refractivity contribution is 6.06. The molecule has 1 aliphatic rings. The molecule has 4 heteroatoms. The van der Waals surface area contributed by atoms with E-state index in [0.29, 0.717) is 0 Å². The Labute approximate surface area is 101 Å². The Morgan fingerprint density at radius 3 is 2.47 bits per heavy atom. The Morgan fingerprint density at radius 1 is 1.24 bits per heavy atom. The highest BCUT2D eigenvalue weighted by Gasteiger charge is 2.20. The normalized spacial score (nSPS) is 15.9. The first-order valence-corrected chi connectivity index (χ1v) is 5.72. The van der Waals surface area contributed by atoms with Crippen molar-refractivity contribution in [2.24, 2.45) is 10.7 Å². The number of rotatable bonds is 3. The van der Waals surface area contributed by atoms with Crippen molar-refractivity contribution in [2.45, 2.75) is 19.4 Å². The molecule has 0 radical (unpaired) electrons. The van der Waals surface area contributed by atoms with E-state index in [4.69, 9.17) is 15.2 Å². The van der Waals surface area contributed by atoms with Crippen LogP contribution >= 0.6 is 0 Å². The second-order valence-corrected chi connectivity index (χ2v) is 4.17. The molecule has 2 N–H and O–H groups in total. The number of hydrogen-bond acceptors (Lipinski definition) is 4. The number of ether oxygens (including phenoxy) is 2. The summed E-state index contributed by atoms with van der Waals surface area (Å²) in [7, 11) is 3.28. The van der Waals surface area contributed by atoms with Crippen LogP contribution in [-0.4, -0.2) is 32.5 Å². The molecule has 1 aromatic rings. The van der Waals surface area contributed by atoms with Crippen molar-refractivity contribution < 1.29 is 9.47 Å². The maximum Gasteiger partial charge on any atom is 0.161 e. The van der Waals surface area contributed by atoms with Crippen molar-refractivity contribution in [3.05, 3.63) is 23.3 Å². The molecule has 0 saturated carbocycles. The summed E-state index contributed by atoms with van der Waals surface area (Å²) in [5.74, 6) is 1.48. The Bertz CT molecular complexity index is 453. The molecule has 0 spiro atoms. The predicted molar refractivity (Wildman–Crippen MR) is 68.3 cm³/mol. The fourth-order valence-electron chi connectivity index (χ4n) is 2.14. The van der Waals surface area contributed by atoms with Crippen LogP contribution in [0.25, 0.3) is 0 Å². The van der Waals surface area contributed by atoms with Crippen LogP contribution in [0.5, 0.6) is 11.5 Å². The lowest BCUT2D eigenvalue weighted by atomic mass is 9.94. The number of fused-ring (bicyclic) bond motifs is 1. The second kappa shape index (κ2) is 4.75. The molecule has 0 fully saturated rings. The van der Waals surface area contributed by atoms with Crippen molar-refractivity contribution in [2.75, 3.05) is 20.8 Å². The zero-order valence-electron chi connectivity index (χ0n) is 10.5. The first kappa shape index (κ1) is 11.9. The fraction of sp³-hybridized carbons (Fsp3) is 0.462. The van der Waals surface area contributed by atoms with Crippen LogP contribution in [-0.2, 0) is 6.42 Å². The van der Waals surface area contributed by atoms with Crippen LogP contribution in [0.2, 0.25) is 0 Å². The van der Waals surface area contributed by atoms with E-state index in [2.05, 4.69) is 4.99 Å². The van der Waals surface area contributed by atoms with E-state index < -0.39 is 0 Å². The average molecular weight is 234 g/mol. The molecule has 4 nitrogen and oxygen atoms in total. The third-order valence-electron chi connectivity index (χ3n) is 2.98. The van der Waals surface area contributed by atoms with Crippen LogP contribution in [0, 0.1) is 0 Å². The molecule has 0 unspecified atom stereocenters. The molecule has 17 heavy (non-hydrogen) atoms. The molecule has 0 saturated heterocycles. The largest absolute Gasteiger partial charge is 0.493 e. The van der Waals surface area contributed by atoms with Gasteiger partial charge in [-0.3, -0.25) is 4.99 Å². The third kappa shape index (κ3) is 2.13. The lowest BCUT2D eigenvalue weighted by Crippen LogP contribution is -2.31.